The van der Waals surface area contributed by atoms with Crippen molar-refractivity contribution in [2.75, 3.05) is 32.5 Å². The molecule has 0 aliphatic heterocycles. The van der Waals surface area contributed by atoms with Gasteiger partial charge in [0.05, 0.1) is 11.9 Å². The topological polar surface area (TPSA) is 73.1 Å². The highest BCUT2D eigenvalue weighted by molar-refractivity contribution is 5.99. The van der Waals surface area contributed by atoms with Crippen molar-refractivity contribution in [2.24, 2.45) is 0 Å². The van der Waals surface area contributed by atoms with E-state index in [-0.39, 0.29) is 5.91 Å². The third-order valence-corrected chi connectivity index (χ3v) is 3.76. The number of carbonyl (C=O) groups excluding carboxylic acids is 1. The molecule has 6 heteroatoms. The van der Waals surface area contributed by atoms with Gasteiger partial charge in [0.15, 0.2) is 0 Å². The third kappa shape index (κ3) is 5.85. The lowest BCUT2D eigenvalue weighted by atomic mass is 10.1. The Hall–Kier alpha value is -2.44. The van der Waals surface area contributed by atoms with Gasteiger partial charge >= 0.3 is 0 Å². The predicted molar refractivity (Wildman–Crippen MR) is 102 cm³/mol. The summed E-state index contributed by atoms with van der Waals surface area (Å²) in [7, 11) is 4.05. The summed E-state index contributed by atoms with van der Waals surface area (Å²) in [5, 5.41) is 13.3. The van der Waals surface area contributed by atoms with E-state index in [2.05, 4.69) is 32.8 Å². The average Bonchev–Trinajstić information content (AvgIpc) is 3.01. The van der Waals surface area contributed by atoms with Crippen LogP contribution in [0, 0.1) is 0 Å². The van der Waals surface area contributed by atoms with Crippen molar-refractivity contribution in [3.8, 4) is 11.3 Å². The first-order chi connectivity index (χ1) is 12.0. The highest BCUT2D eigenvalue weighted by atomic mass is 16.1. The van der Waals surface area contributed by atoms with Gasteiger partial charge in [0.2, 0.25) is 5.91 Å². The molecular weight excluding hydrogens is 314 g/mol. The van der Waals surface area contributed by atoms with E-state index in [0.717, 1.165) is 47.7 Å². The first-order valence-electron chi connectivity index (χ1n) is 8.41. The van der Waals surface area contributed by atoms with E-state index >= 15 is 0 Å². The maximum Gasteiger partial charge on any atom is 0.248 e. The van der Waals surface area contributed by atoms with E-state index < -0.39 is 0 Å². The first kappa shape index (κ1) is 18.9. The second-order valence-corrected chi connectivity index (χ2v) is 6.40. The summed E-state index contributed by atoms with van der Waals surface area (Å²) in [6.07, 6.45) is 3.46. The molecule has 0 spiro atoms. The first-order valence-corrected chi connectivity index (χ1v) is 8.41. The molecule has 6 nitrogen and oxygen atoms in total. The molecule has 0 aliphatic rings. The van der Waals surface area contributed by atoms with Gasteiger partial charge in [-0.1, -0.05) is 17.7 Å². The zero-order valence-electron chi connectivity index (χ0n) is 15.4. The Bertz CT molecular complexity index is 714. The van der Waals surface area contributed by atoms with Crippen molar-refractivity contribution in [1.29, 1.82) is 0 Å². The summed E-state index contributed by atoms with van der Waals surface area (Å²) < 4.78 is 0. The number of amides is 1. The number of rotatable bonds is 8. The molecule has 1 aromatic heterocycles. The van der Waals surface area contributed by atoms with E-state index in [4.69, 9.17) is 0 Å². The number of aromatic amines is 1. The lowest BCUT2D eigenvalue weighted by Gasteiger charge is -2.16. The summed E-state index contributed by atoms with van der Waals surface area (Å²) in [5.41, 5.74) is 4.96. The van der Waals surface area contributed by atoms with Crippen LogP contribution in [0.3, 0.4) is 0 Å². The number of aromatic nitrogens is 2. The van der Waals surface area contributed by atoms with E-state index in [1.165, 1.54) is 0 Å². The lowest BCUT2D eigenvalue weighted by molar-refractivity contribution is -0.111. The second kappa shape index (κ2) is 9.15. The van der Waals surface area contributed by atoms with Crippen molar-refractivity contribution < 1.29 is 4.79 Å². The summed E-state index contributed by atoms with van der Waals surface area (Å²) in [5.74, 6) is -0.110. The van der Waals surface area contributed by atoms with E-state index in [1.807, 2.05) is 51.4 Å². The zero-order chi connectivity index (χ0) is 18.2. The summed E-state index contributed by atoms with van der Waals surface area (Å²) in [4.78, 5) is 14.0. The normalized spacial score (nSPS) is 10.8. The minimum Gasteiger partial charge on any atom is -0.323 e. The van der Waals surface area contributed by atoms with E-state index in [0.29, 0.717) is 0 Å². The summed E-state index contributed by atoms with van der Waals surface area (Å²) in [6, 6.07) is 7.79. The van der Waals surface area contributed by atoms with Gasteiger partial charge in [0.1, 0.15) is 0 Å². The monoisotopic (exact) mass is 341 g/mol. The van der Waals surface area contributed by atoms with Crippen LogP contribution in [-0.4, -0.2) is 48.2 Å². The number of hydrogen-bond acceptors (Lipinski definition) is 4. The Balaban J connectivity index is 2.06. The third-order valence-electron chi connectivity index (χ3n) is 3.76. The molecule has 134 valence electrons. The second-order valence-electron chi connectivity index (χ2n) is 6.40. The number of benzene rings is 1. The molecule has 0 unspecified atom stereocenters. The van der Waals surface area contributed by atoms with Crippen molar-refractivity contribution in [1.82, 2.24) is 20.4 Å². The quantitative estimate of drug-likeness (QED) is 0.646. The number of nitrogens with zero attached hydrogens (tertiary/aromatic N) is 2. The molecule has 1 amide bonds. The lowest BCUT2D eigenvalue weighted by Crippen LogP contribution is -2.26. The number of likely N-dealkylation sites (N-methyl/N-ethyl adjacent to an activating group) is 2. The standard InChI is InChI=1S/C19H27N5O/c1-14(2)11-18(25)22-17-7-5-15(6-8-17)19-16(12-21-23-19)13-24(4)10-9-20-3/h5-8,11-12,20H,9-10,13H2,1-4H3,(H,21,23)(H,22,25). The molecule has 2 rings (SSSR count). The maximum atomic E-state index is 11.8. The highest BCUT2D eigenvalue weighted by Crippen LogP contribution is 2.23. The molecule has 0 bridgehead atoms. The molecule has 0 atom stereocenters. The zero-order valence-corrected chi connectivity index (χ0v) is 15.4. The Labute approximate surface area is 149 Å². The van der Waals surface area contributed by atoms with Gasteiger partial charge in [0, 0.05) is 42.5 Å². The number of allylic oxidation sites excluding steroid dienone is 1. The van der Waals surface area contributed by atoms with Gasteiger partial charge in [-0.05, 0) is 40.1 Å². The Morgan fingerprint density at radius 1 is 1.28 bits per heavy atom. The van der Waals surface area contributed by atoms with Crippen LogP contribution in [0.1, 0.15) is 19.4 Å². The number of anilines is 1. The molecule has 0 radical (unpaired) electrons. The summed E-state index contributed by atoms with van der Waals surface area (Å²) in [6.45, 7) is 6.54. The maximum absolute atomic E-state index is 11.8. The van der Waals surface area contributed by atoms with Crippen LogP contribution >= 0.6 is 0 Å². The van der Waals surface area contributed by atoms with Crippen molar-refractivity contribution >= 4 is 11.6 Å². The Kier molecular flexibility index (Phi) is 6.91. The fraction of sp³-hybridized carbons (Fsp3) is 0.368. The summed E-state index contributed by atoms with van der Waals surface area (Å²) >= 11 is 0. The fourth-order valence-electron chi connectivity index (χ4n) is 2.51. The van der Waals surface area contributed by atoms with Crippen molar-refractivity contribution in [3.05, 3.63) is 47.7 Å². The van der Waals surface area contributed by atoms with E-state index in [1.54, 1.807) is 6.08 Å². The van der Waals surface area contributed by atoms with Crippen LogP contribution in [0.5, 0.6) is 0 Å². The minimum absolute atomic E-state index is 0.110. The van der Waals surface area contributed by atoms with Crippen LogP contribution in [0.2, 0.25) is 0 Å². The smallest absolute Gasteiger partial charge is 0.248 e. The van der Waals surface area contributed by atoms with Gasteiger partial charge in [-0.2, -0.15) is 5.10 Å². The van der Waals surface area contributed by atoms with Crippen LogP contribution < -0.4 is 10.6 Å². The van der Waals surface area contributed by atoms with Gasteiger partial charge in [0.25, 0.3) is 0 Å². The van der Waals surface area contributed by atoms with Crippen LogP contribution in [0.15, 0.2) is 42.1 Å². The molecule has 1 aromatic carbocycles. The highest BCUT2D eigenvalue weighted by Gasteiger charge is 2.10. The Morgan fingerprint density at radius 2 is 2.00 bits per heavy atom. The molecule has 0 saturated carbocycles. The molecule has 0 aliphatic carbocycles. The largest absolute Gasteiger partial charge is 0.323 e. The van der Waals surface area contributed by atoms with Gasteiger partial charge in [-0.3, -0.25) is 9.89 Å². The number of nitrogens with one attached hydrogen (secondary N) is 3. The fourth-order valence-corrected chi connectivity index (χ4v) is 2.51. The van der Waals surface area contributed by atoms with Crippen LogP contribution in [-0.2, 0) is 11.3 Å². The molecule has 25 heavy (non-hydrogen) atoms. The molecular formula is C19H27N5O. The molecule has 2 aromatic rings. The van der Waals surface area contributed by atoms with Gasteiger partial charge < -0.3 is 15.5 Å². The molecule has 0 saturated heterocycles. The van der Waals surface area contributed by atoms with Crippen molar-refractivity contribution in [3.63, 3.8) is 0 Å². The van der Waals surface area contributed by atoms with Gasteiger partial charge in [-0.15, -0.1) is 0 Å². The average molecular weight is 341 g/mol. The van der Waals surface area contributed by atoms with E-state index in [9.17, 15) is 4.79 Å². The molecule has 0 fully saturated rings. The number of carbonyl (C=O) groups is 1. The predicted octanol–water partition coefficient (Wildman–Crippen LogP) is 2.63. The van der Waals surface area contributed by atoms with Crippen LogP contribution in [0.25, 0.3) is 11.3 Å². The number of H-pyrrole nitrogens is 1. The SMILES string of the molecule is CNCCN(C)Cc1cn[nH]c1-c1ccc(NC(=O)C=C(C)C)cc1. The van der Waals surface area contributed by atoms with Gasteiger partial charge in [-0.25, -0.2) is 0 Å². The molecule has 1 heterocycles. The van der Waals surface area contributed by atoms with Crippen molar-refractivity contribution in [2.45, 2.75) is 20.4 Å². The number of hydrogen-bond donors (Lipinski definition) is 3. The van der Waals surface area contributed by atoms with Crippen LogP contribution in [0.4, 0.5) is 5.69 Å². The minimum atomic E-state index is -0.110. The molecule has 3 N–H and O–H groups in total. The Morgan fingerprint density at radius 3 is 2.64 bits per heavy atom.